The highest BCUT2D eigenvalue weighted by Gasteiger charge is 2.16. The second-order valence-corrected chi connectivity index (χ2v) is 4.76. The van der Waals surface area contributed by atoms with Gasteiger partial charge >= 0.3 is 0 Å². The number of hydrogen-bond acceptors (Lipinski definition) is 6. The van der Waals surface area contributed by atoms with Crippen LogP contribution in [0.25, 0.3) is 11.4 Å². The first-order valence-corrected chi connectivity index (χ1v) is 6.60. The summed E-state index contributed by atoms with van der Waals surface area (Å²) in [5.41, 5.74) is 6.24. The third-order valence-corrected chi connectivity index (χ3v) is 3.24. The standard InChI is InChI=1S/C13H15FN6/c14-10-6-9(7-16-8-10)11-17-12(15)19-13(18-11)20-4-2-1-3-5-20/h6-8H,1-5H2,(H2,15,17,18,19). The number of rotatable bonds is 2. The molecule has 0 aromatic carbocycles. The first-order chi connectivity index (χ1) is 9.72. The zero-order valence-electron chi connectivity index (χ0n) is 11.0. The number of pyridine rings is 1. The predicted octanol–water partition coefficient (Wildman–Crippen LogP) is 1.65. The molecule has 1 aliphatic heterocycles. The van der Waals surface area contributed by atoms with Crippen molar-refractivity contribution in [3.05, 3.63) is 24.3 Å². The molecule has 2 aromatic heterocycles. The number of halogens is 1. The molecule has 2 N–H and O–H groups in total. The first-order valence-electron chi connectivity index (χ1n) is 6.60. The Kier molecular flexibility index (Phi) is 3.41. The minimum atomic E-state index is -0.430. The van der Waals surface area contributed by atoms with Crippen LogP contribution in [0.3, 0.4) is 0 Å². The minimum absolute atomic E-state index is 0.139. The van der Waals surface area contributed by atoms with Crippen molar-refractivity contribution in [2.45, 2.75) is 19.3 Å². The molecule has 2 aromatic rings. The summed E-state index contributed by atoms with van der Waals surface area (Å²) in [4.78, 5) is 18.5. The summed E-state index contributed by atoms with van der Waals surface area (Å²) >= 11 is 0. The summed E-state index contributed by atoms with van der Waals surface area (Å²) in [6.45, 7) is 1.81. The van der Waals surface area contributed by atoms with Crippen molar-refractivity contribution in [2.24, 2.45) is 0 Å². The lowest BCUT2D eigenvalue weighted by atomic mass is 10.1. The summed E-state index contributed by atoms with van der Waals surface area (Å²) in [6.07, 6.45) is 6.10. The average Bonchev–Trinajstić information content (AvgIpc) is 2.47. The van der Waals surface area contributed by atoms with E-state index in [-0.39, 0.29) is 5.95 Å². The highest BCUT2D eigenvalue weighted by molar-refractivity contribution is 5.56. The lowest BCUT2D eigenvalue weighted by molar-refractivity contribution is 0.568. The van der Waals surface area contributed by atoms with Gasteiger partial charge in [-0.05, 0) is 25.3 Å². The zero-order valence-corrected chi connectivity index (χ0v) is 11.0. The van der Waals surface area contributed by atoms with Gasteiger partial charge in [0.1, 0.15) is 5.82 Å². The number of piperidine rings is 1. The van der Waals surface area contributed by atoms with Gasteiger partial charge in [-0.3, -0.25) is 4.98 Å². The SMILES string of the molecule is Nc1nc(-c2cncc(F)c2)nc(N2CCCCC2)n1. The Hall–Kier alpha value is -2.31. The van der Waals surface area contributed by atoms with Crippen LogP contribution >= 0.6 is 0 Å². The van der Waals surface area contributed by atoms with Gasteiger partial charge < -0.3 is 10.6 Å². The van der Waals surface area contributed by atoms with Gasteiger partial charge in [0.2, 0.25) is 11.9 Å². The van der Waals surface area contributed by atoms with E-state index in [2.05, 4.69) is 24.8 Å². The summed E-state index contributed by atoms with van der Waals surface area (Å²) in [5.74, 6) is 0.613. The molecule has 104 valence electrons. The predicted molar refractivity (Wildman–Crippen MR) is 73.5 cm³/mol. The van der Waals surface area contributed by atoms with Crippen LogP contribution in [0, 0.1) is 5.82 Å². The Morgan fingerprint density at radius 2 is 1.85 bits per heavy atom. The number of anilines is 2. The first kappa shape index (κ1) is 12.7. The Morgan fingerprint density at radius 3 is 2.60 bits per heavy atom. The topological polar surface area (TPSA) is 80.8 Å². The third-order valence-electron chi connectivity index (χ3n) is 3.24. The monoisotopic (exact) mass is 274 g/mol. The molecule has 0 unspecified atom stereocenters. The maximum absolute atomic E-state index is 13.2. The summed E-state index contributed by atoms with van der Waals surface area (Å²) in [7, 11) is 0. The number of nitrogen functional groups attached to an aromatic ring is 1. The second kappa shape index (κ2) is 5.36. The Bertz CT molecular complexity index is 612. The van der Waals surface area contributed by atoms with Gasteiger partial charge in [0.05, 0.1) is 6.20 Å². The summed E-state index contributed by atoms with van der Waals surface area (Å²) < 4.78 is 13.2. The van der Waals surface area contributed by atoms with Crippen molar-refractivity contribution in [1.29, 1.82) is 0 Å². The molecule has 0 saturated carbocycles. The molecule has 0 atom stereocenters. The van der Waals surface area contributed by atoms with Crippen molar-refractivity contribution in [3.8, 4) is 11.4 Å². The maximum atomic E-state index is 13.2. The molecule has 3 rings (SSSR count). The Morgan fingerprint density at radius 1 is 1.05 bits per heavy atom. The minimum Gasteiger partial charge on any atom is -0.368 e. The molecule has 20 heavy (non-hydrogen) atoms. The molecule has 1 saturated heterocycles. The lowest BCUT2D eigenvalue weighted by Gasteiger charge is -2.26. The van der Waals surface area contributed by atoms with Gasteiger partial charge in [-0.15, -0.1) is 0 Å². The molecule has 0 amide bonds. The molecule has 7 heteroatoms. The number of nitrogens with two attached hydrogens (primary N) is 1. The molecule has 0 radical (unpaired) electrons. The fourth-order valence-corrected chi connectivity index (χ4v) is 2.28. The van der Waals surface area contributed by atoms with Crippen LogP contribution in [0.5, 0.6) is 0 Å². The van der Waals surface area contributed by atoms with Crippen molar-refractivity contribution < 1.29 is 4.39 Å². The van der Waals surface area contributed by atoms with E-state index in [1.807, 2.05) is 0 Å². The summed E-state index contributed by atoms with van der Waals surface area (Å²) in [6, 6.07) is 1.34. The van der Waals surface area contributed by atoms with Crippen LogP contribution in [-0.2, 0) is 0 Å². The largest absolute Gasteiger partial charge is 0.368 e. The molecular weight excluding hydrogens is 259 g/mol. The van der Waals surface area contributed by atoms with Crippen molar-refractivity contribution in [3.63, 3.8) is 0 Å². The number of hydrogen-bond donors (Lipinski definition) is 1. The van der Waals surface area contributed by atoms with Gasteiger partial charge in [-0.2, -0.15) is 15.0 Å². The van der Waals surface area contributed by atoms with Gasteiger partial charge in [0.25, 0.3) is 0 Å². The Balaban J connectivity index is 1.97. The van der Waals surface area contributed by atoms with Crippen LogP contribution in [-0.4, -0.2) is 33.0 Å². The molecule has 0 aliphatic carbocycles. The quantitative estimate of drug-likeness (QED) is 0.896. The summed E-state index contributed by atoms with van der Waals surface area (Å²) in [5, 5.41) is 0. The van der Waals surface area contributed by atoms with Gasteiger partial charge in [0, 0.05) is 24.8 Å². The van der Waals surface area contributed by atoms with Crippen LogP contribution in [0.2, 0.25) is 0 Å². The fourth-order valence-electron chi connectivity index (χ4n) is 2.28. The molecular formula is C13H15FN6. The molecule has 1 aliphatic rings. The highest BCUT2D eigenvalue weighted by Crippen LogP contribution is 2.21. The van der Waals surface area contributed by atoms with Crippen LogP contribution in [0.15, 0.2) is 18.5 Å². The smallest absolute Gasteiger partial charge is 0.230 e. The van der Waals surface area contributed by atoms with E-state index < -0.39 is 5.82 Å². The van der Waals surface area contributed by atoms with Crippen LogP contribution < -0.4 is 10.6 Å². The van der Waals surface area contributed by atoms with Gasteiger partial charge in [-0.25, -0.2) is 4.39 Å². The van der Waals surface area contributed by atoms with E-state index in [1.54, 1.807) is 0 Å². The van der Waals surface area contributed by atoms with Crippen LogP contribution in [0.4, 0.5) is 16.3 Å². The second-order valence-electron chi connectivity index (χ2n) is 4.76. The molecule has 3 heterocycles. The van der Waals surface area contributed by atoms with E-state index in [1.165, 1.54) is 18.7 Å². The molecule has 1 fully saturated rings. The lowest BCUT2D eigenvalue weighted by Crippen LogP contribution is -2.31. The van der Waals surface area contributed by atoms with Gasteiger partial charge in [-0.1, -0.05) is 0 Å². The van der Waals surface area contributed by atoms with E-state index in [9.17, 15) is 4.39 Å². The van der Waals surface area contributed by atoms with Crippen LogP contribution in [0.1, 0.15) is 19.3 Å². The number of aromatic nitrogens is 4. The normalized spacial score (nSPS) is 15.3. The van der Waals surface area contributed by atoms with Crippen molar-refractivity contribution in [1.82, 2.24) is 19.9 Å². The van der Waals surface area contributed by atoms with E-state index in [4.69, 9.17) is 5.73 Å². The molecule has 6 nitrogen and oxygen atoms in total. The zero-order chi connectivity index (χ0) is 13.9. The maximum Gasteiger partial charge on any atom is 0.230 e. The van der Waals surface area contributed by atoms with E-state index in [0.717, 1.165) is 32.1 Å². The van der Waals surface area contributed by atoms with E-state index >= 15 is 0 Å². The van der Waals surface area contributed by atoms with Crippen molar-refractivity contribution >= 4 is 11.9 Å². The van der Waals surface area contributed by atoms with Crippen molar-refractivity contribution in [2.75, 3.05) is 23.7 Å². The fraction of sp³-hybridized carbons (Fsp3) is 0.385. The Labute approximate surface area is 115 Å². The molecule has 0 bridgehead atoms. The van der Waals surface area contributed by atoms with Gasteiger partial charge in [0.15, 0.2) is 5.82 Å². The van der Waals surface area contributed by atoms with E-state index in [0.29, 0.717) is 17.3 Å². The molecule has 0 spiro atoms. The highest BCUT2D eigenvalue weighted by atomic mass is 19.1. The number of nitrogens with zero attached hydrogens (tertiary/aromatic N) is 5. The third kappa shape index (κ3) is 2.66. The average molecular weight is 274 g/mol.